The quantitative estimate of drug-likeness (QED) is 0.508. The standard InChI is InChI=1S/C21H24FN7O.CH2O2/c1-13-11-28(8-6-23-13)19-3-5-24-20-15(19)4-7-29(20)21(30)25-18-9-14-12-27(2)26-17(14)10-16(18)22;2-1-3/h3,5,9-10,12-13,23H,4,6-8,11H2,1-2H3,(H,25,30);1H,(H,2,3)/t13-;/m1./s1. The molecule has 0 aliphatic carbocycles. The third kappa shape index (κ3) is 4.58. The van der Waals surface area contributed by atoms with Crippen LogP contribution in [0, 0.1) is 5.82 Å². The van der Waals surface area contributed by atoms with Gasteiger partial charge in [-0.3, -0.25) is 14.4 Å². The van der Waals surface area contributed by atoms with E-state index in [4.69, 9.17) is 9.90 Å². The highest BCUT2D eigenvalue weighted by molar-refractivity contribution is 6.04. The lowest BCUT2D eigenvalue weighted by atomic mass is 10.1. The Labute approximate surface area is 190 Å². The fourth-order valence-corrected chi connectivity index (χ4v) is 4.37. The third-order valence-corrected chi connectivity index (χ3v) is 5.75. The molecule has 0 spiro atoms. The molecule has 2 aliphatic heterocycles. The molecule has 11 heteroatoms. The summed E-state index contributed by atoms with van der Waals surface area (Å²) in [5.41, 5.74) is 2.90. The number of anilines is 3. The molecule has 174 valence electrons. The molecule has 4 heterocycles. The second-order valence-corrected chi connectivity index (χ2v) is 8.06. The fourth-order valence-electron chi connectivity index (χ4n) is 4.37. The van der Waals surface area contributed by atoms with Crippen molar-refractivity contribution >= 4 is 40.6 Å². The molecule has 10 nitrogen and oxygen atoms in total. The third-order valence-electron chi connectivity index (χ3n) is 5.75. The number of carboxylic acid groups (broad SMARTS) is 1. The number of carbonyl (C=O) groups excluding carboxylic acids is 1. The van der Waals surface area contributed by atoms with Crippen molar-refractivity contribution in [1.29, 1.82) is 0 Å². The van der Waals surface area contributed by atoms with Crippen LogP contribution in [0.15, 0.2) is 30.6 Å². The van der Waals surface area contributed by atoms with Crippen LogP contribution in [0.4, 0.5) is 26.4 Å². The smallest absolute Gasteiger partial charge is 0.327 e. The largest absolute Gasteiger partial charge is 0.483 e. The average Bonchev–Trinajstić information content (AvgIpc) is 3.37. The monoisotopic (exact) mass is 455 g/mol. The molecule has 33 heavy (non-hydrogen) atoms. The van der Waals surface area contributed by atoms with Gasteiger partial charge >= 0.3 is 6.03 Å². The number of pyridine rings is 1. The molecule has 0 unspecified atom stereocenters. The van der Waals surface area contributed by atoms with Crippen molar-refractivity contribution in [2.45, 2.75) is 19.4 Å². The van der Waals surface area contributed by atoms with Gasteiger partial charge in [0.1, 0.15) is 11.6 Å². The minimum absolute atomic E-state index is 0.140. The first-order chi connectivity index (χ1) is 15.9. The van der Waals surface area contributed by atoms with E-state index in [2.05, 4.69) is 32.5 Å². The number of rotatable bonds is 2. The number of nitrogens with zero attached hydrogens (tertiary/aromatic N) is 5. The van der Waals surface area contributed by atoms with E-state index in [0.717, 1.165) is 42.7 Å². The molecule has 0 bridgehead atoms. The zero-order valence-corrected chi connectivity index (χ0v) is 18.5. The van der Waals surface area contributed by atoms with Gasteiger partial charge in [0.15, 0.2) is 0 Å². The summed E-state index contributed by atoms with van der Waals surface area (Å²) in [6.45, 7) is 5.20. The number of urea groups is 1. The van der Waals surface area contributed by atoms with Gasteiger partial charge in [-0.15, -0.1) is 0 Å². The molecular weight excluding hydrogens is 429 g/mol. The first-order valence-corrected chi connectivity index (χ1v) is 10.7. The normalized spacial score (nSPS) is 17.4. The van der Waals surface area contributed by atoms with Crippen molar-refractivity contribution in [3.8, 4) is 0 Å². The Morgan fingerprint density at radius 1 is 1.36 bits per heavy atom. The summed E-state index contributed by atoms with van der Waals surface area (Å²) in [5, 5.41) is 18.0. The summed E-state index contributed by atoms with van der Waals surface area (Å²) >= 11 is 0. The van der Waals surface area contributed by atoms with E-state index in [1.54, 1.807) is 35.1 Å². The highest BCUT2D eigenvalue weighted by Gasteiger charge is 2.31. The van der Waals surface area contributed by atoms with E-state index in [9.17, 15) is 9.18 Å². The maximum Gasteiger partial charge on any atom is 0.327 e. The maximum absolute atomic E-state index is 14.5. The summed E-state index contributed by atoms with van der Waals surface area (Å²) < 4.78 is 16.1. The van der Waals surface area contributed by atoms with Gasteiger partial charge in [0.05, 0.1) is 11.2 Å². The molecular formula is C22H26FN7O3. The van der Waals surface area contributed by atoms with Crippen LogP contribution in [0.1, 0.15) is 12.5 Å². The lowest BCUT2D eigenvalue weighted by Crippen LogP contribution is -2.49. The molecule has 3 aromatic rings. The van der Waals surface area contributed by atoms with Crippen LogP contribution in [0.5, 0.6) is 0 Å². The number of aromatic nitrogens is 3. The van der Waals surface area contributed by atoms with E-state index in [1.807, 2.05) is 6.07 Å². The first-order valence-electron chi connectivity index (χ1n) is 10.7. The highest BCUT2D eigenvalue weighted by Crippen LogP contribution is 2.34. The van der Waals surface area contributed by atoms with Crippen molar-refractivity contribution in [2.75, 3.05) is 41.3 Å². The molecule has 2 amide bonds. The fraction of sp³-hybridized carbons (Fsp3) is 0.364. The predicted octanol–water partition coefficient (Wildman–Crippen LogP) is 2.20. The minimum Gasteiger partial charge on any atom is -0.483 e. The highest BCUT2D eigenvalue weighted by atomic mass is 19.1. The van der Waals surface area contributed by atoms with Crippen LogP contribution in [-0.2, 0) is 18.3 Å². The van der Waals surface area contributed by atoms with Gasteiger partial charge < -0.3 is 20.6 Å². The number of hydrogen-bond acceptors (Lipinski definition) is 6. The van der Waals surface area contributed by atoms with Crippen LogP contribution >= 0.6 is 0 Å². The maximum atomic E-state index is 14.5. The number of piperazine rings is 1. The van der Waals surface area contributed by atoms with Crippen LogP contribution < -0.4 is 20.4 Å². The van der Waals surface area contributed by atoms with E-state index >= 15 is 0 Å². The first kappa shape index (κ1) is 22.5. The van der Waals surface area contributed by atoms with Crippen molar-refractivity contribution < 1.29 is 19.1 Å². The molecule has 2 aromatic heterocycles. The van der Waals surface area contributed by atoms with Crippen molar-refractivity contribution in [2.24, 2.45) is 7.05 Å². The number of fused-ring (bicyclic) bond motifs is 2. The van der Waals surface area contributed by atoms with Gasteiger partial charge in [0.2, 0.25) is 0 Å². The summed E-state index contributed by atoms with van der Waals surface area (Å²) in [7, 11) is 1.78. The molecule has 5 rings (SSSR count). The van der Waals surface area contributed by atoms with Crippen LogP contribution in [0.25, 0.3) is 10.9 Å². The number of halogens is 1. The molecule has 1 fully saturated rings. The number of hydrogen-bond donors (Lipinski definition) is 3. The number of aryl methyl sites for hydroxylation is 1. The predicted molar refractivity (Wildman–Crippen MR) is 123 cm³/mol. The van der Waals surface area contributed by atoms with Gasteiger partial charge in [-0.05, 0) is 25.5 Å². The van der Waals surface area contributed by atoms with Gasteiger partial charge in [0, 0.05) is 74.4 Å². The summed E-state index contributed by atoms with van der Waals surface area (Å²) in [5.74, 6) is 0.143. The van der Waals surface area contributed by atoms with Crippen molar-refractivity contribution in [1.82, 2.24) is 20.1 Å². The molecule has 0 radical (unpaired) electrons. The van der Waals surface area contributed by atoms with Gasteiger partial charge in [-0.2, -0.15) is 5.10 Å². The molecule has 1 atom stereocenters. The summed E-state index contributed by atoms with van der Waals surface area (Å²) in [6, 6.07) is 5.00. The topological polar surface area (TPSA) is 116 Å². The second-order valence-electron chi connectivity index (χ2n) is 8.06. The summed E-state index contributed by atoms with van der Waals surface area (Å²) in [6.07, 6.45) is 4.26. The molecule has 0 saturated carbocycles. The Balaban J connectivity index is 0.000000821. The minimum atomic E-state index is -0.509. The lowest BCUT2D eigenvalue weighted by molar-refractivity contribution is -0.122. The Morgan fingerprint density at radius 2 is 2.15 bits per heavy atom. The zero-order chi connectivity index (χ0) is 23.5. The average molecular weight is 455 g/mol. The van der Waals surface area contributed by atoms with E-state index in [0.29, 0.717) is 23.9 Å². The van der Waals surface area contributed by atoms with Crippen LogP contribution in [0.3, 0.4) is 0 Å². The SMILES string of the molecule is C[C@@H]1CN(c2ccnc3c2CCN3C(=O)Nc2cc3cn(C)nc3cc2F)CCN1.O=CO. The van der Waals surface area contributed by atoms with Crippen LogP contribution in [-0.4, -0.2) is 64.6 Å². The number of nitrogens with one attached hydrogen (secondary N) is 2. The Bertz CT molecular complexity index is 1180. The van der Waals surface area contributed by atoms with Gasteiger partial charge in [-0.25, -0.2) is 14.2 Å². The Morgan fingerprint density at radius 3 is 2.91 bits per heavy atom. The van der Waals surface area contributed by atoms with Gasteiger partial charge in [0.25, 0.3) is 6.47 Å². The molecule has 2 aliphatic rings. The second kappa shape index (κ2) is 9.41. The van der Waals surface area contributed by atoms with Crippen molar-refractivity contribution in [3.05, 3.63) is 42.0 Å². The molecule has 1 saturated heterocycles. The summed E-state index contributed by atoms with van der Waals surface area (Å²) in [4.78, 5) is 29.7. The Kier molecular flexibility index (Phi) is 6.40. The molecule has 3 N–H and O–H groups in total. The van der Waals surface area contributed by atoms with E-state index in [-0.39, 0.29) is 18.2 Å². The van der Waals surface area contributed by atoms with Crippen molar-refractivity contribution in [3.63, 3.8) is 0 Å². The lowest BCUT2D eigenvalue weighted by Gasteiger charge is -2.34. The van der Waals surface area contributed by atoms with Gasteiger partial charge in [-0.1, -0.05) is 0 Å². The van der Waals surface area contributed by atoms with Crippen LogP contribution in [0.2, 0.25) is 0 Å². The molecule has 1 aromatic carbocycles. The zero-order valence-electron chi connectivity index (χ0n) is 18.5. The van der Waals surface area contributed by atoms with E-state index in [1.165, 1.54) is 6.07 Å². The number of carbonyl (C=O) groups is 2. The van der Waals surface area contributed by atoms with E-state index < -0.39 is 5.82 Å². The Hall–Kier alpha value is -3.73. The number of amides is 2. The number of benzene rings is 1.